The normalized spacial score (nSPS) is 11.2. The van der Waals surface area contributed by atoms with E-state index in [0.717, 1.165) is 16.9 Å². The number of anilines is 3. The Bertz CT molecular complexity index is 989. The predicted molar refractivity (Wildman–Crippen MR) is 133 cm³/mol. The summed E-state index contributed by atoms with van der Waals surface area (Å²) in [5.41, 5.74) is 4.17. The van der Waals surface area contributed by atoms with Crippen molar-refractivity contribution in [2.45, 2.75) is 27.2 Å². The molecule has 2 aromatic heterocycles. The Kier molecular flexibility index (Phi) is 9.18. The molecule has 0 saturated carbocycles. The number of halogens is 4. The lowest BCUT2D eigenvalue weighted by Gasteiger charge is -2.21. The largest absolute Gasteiger partial charge is 0.352 e. The van der Waals surface area contributed by atoms with Crippen LogP contribution in [0.1, 0.15) is 31.7 Å². The summed E-state index contributed by atoms with van der Waals surface area (Å²) < 4.78 is 30.2. The molecule has 11 heteroatoms. The topological polar surface area (TPSA) is 46.0 Å². The fraction of sp³-hybridized carbons (Fsp3) is 0.333. The number of nitrogens with one attached hydrogen (secondary N) is 1. The third-order valence-electron chi connectivity index (χ3n) is 3.93. The molecule has 0 radical (unpaired) electrons. The number of aromatic nitrogens is 3. The zero-order chi connectivity index (χ0) is 21.7. The van der Waals surface area contributed by atoms with E-state index >= 15 is 0 Å². The number of hydrogen-bond donors (Lipinski definition) is 1. The first kappa shape index (κ1) is 24.4. The molecule has 29 heavy (non-hydrogen) atoms. The highest BCUT2D eigenvalue weighted by Crippen LogP contribution is 2.39. The Hall–Kier alpha value is -0.900. The van der Waals surface area contributed by atoms with Crippen molar-refractivity contribution in [1.82, 2.24) is 14.3 Å². The first-order valence-electron chi connectivity index (χ1n) is 8.75. The van der Waals surface area contributed by atoms with E-state index < -0.39 is 6.43 Å². The molecule has 0 aliphatic heterocycles. The van der Waals surface area contributed by atoms with Gasteiger partial charge in [0.15, 0.2) is 11.5 Å². The van der Waals surface area contributed by atoms with Crippen molar-refractivity contribution in [3.05, 3.63) is 40.8 Å². The van der Waals surface area contributed by atoms with Gasteiger partial charge in [0.05, 0.1) is 23.4 Å². The van der Waals surface area contributed by atoms with Crippen molar-refractivity contribution in [3.63, 3.8) is 0 Å². The molecule has 3 aromatic rings. The lowest BCUT2D eigenvalue weighted by atomic mass is 10.2. The molecule has 0 fully saturated rings. The maximum absolute atomic E-state index is 13.4. The van der Waals surface area contributed by atoms with Crippen molar-refractivity contribution >= 4 is 80.2 Å². The van der Waals surface area contributed by atoms with Crippen LogP contribution in [0.3, 0.4) is 0 Å². The van der Waals surface area contributed by atoms with Gasteiger partial charge in [-0.15, -0.1) is 0 Å². The number of aryl methyl sites for hydroxylation is 1. The van der Waals surface area contributed by atoms with Crippen molar-refractivity contribution in [2.75, 3.05) is 22.9 Å². The zero-order valence-electron chi connectivity index (χ0n) is 16.6. The molecule has 0 amide bonds. The fourth-order valence-corrected chi connectivity index (χ4v) is 5.04. The summed E-state index contributed by atoms with van der Waals surface area (Å²) in [6.45, 7) is 6.01. The van der Waals surface area contributed by atoms with Crippen LogP contribution in [0, 0.1) is 6.92 Å². The van der Waals surface area contributed by atoms with Crippen molar-refractivity contribution in [2.24, 2.45) is 0 Å². The monoisotopic (exact) mass is 571 g/mol. The summed E-state index contributed by atoms with van der Waals surface area (Å²) in [6.07, 6.45) is -0.675. The van der Waals surface area contributed by atoms with Gasteiger partial charge in [-0.05, 0) is 46.7 Å². The highest BCUT2D eigenvalue weighted by molar-refractivity contribution is 14.2. The van der Waals surface area contributed by atoms with Crippen LogP contribution < -0.4 is 9.62 Å². The van der Waals surface area contributed by atoms with E-state index in [1.54, 1.807) is 18.0 Å². The summed E-state index contributed by atoms with van der Waals surface area (Å²) in [4.78, 5) is 8.36. The second kappa shape index (κ2) is 10.9. The van der Waals surface area contributed by atoms with Crippen LogP contribution in [0.15, 0.2) is 24.3 Å². The molecule has 0 aliphatic rings. The lowest BCUT2D eigenvalue weighted by molar-refractivity contribution is 0.140. The summed E-state index contributed by atoms with van der Waals surface area (Å²) in [5, 5.41) is 3.52. The predicted octanol–water partition coefficient (Wildman–Crippen LogP) is 7.61. The van der Waals surface area contributed by atoms with Crippen LogP contribution >= 0.6 is 52.0 Å². The van der Waals surface area contributed by atoms with Gasteiger partial charge >= 0.3 is 0 Å². The third kappa shape index (κ3) is 5.42. The molecular weight excluding hydrogens is 550 g/mol. The van der Waals surface area contributed by atoms with Crippen molar-refractivity contribution in [3.8, 4) is 0 Å². The van der Waals surface area contributed by atoms with Gasteiger partial charge in [0, 0.05) is 19.4 Å². The van der Waals surface area contributed by atoms with E-state index in [4.69, 9.17) is 11.6 Å². The number of benzene rings is 1. The minimum atomic E-state index is -2.69. The number of fused-ring (bicyclic) bond motifs is 1. The molecule has 1 unspecified atom stereocenters. The molecule has 0 aliphatic carbocycles. The Morgan fingerprint density at radius 3 is 2.52 bits per heavy atom. The zero-order valence-corrected chi connectivity index (χ0v) is 21.3. The maximum Gasteiger partial charge on any atom is 0.295 e. The molecule has 0 bridgehead atoms. The van der Waals surface area contributed by atoms with E-state index in [1.807, 2.05) is 78.6 Å². The van der Waals surface area contributed by atoms with Crippen LogP contribution in [0.5, 0.6) is 0 Å². The first-order valence-corrected chi connectivity index (χ1v) is 14.4. The molecule has 1 atom stereocenters. The minimum Gasteiger partial charge on any atom is -0.352 e. The smallest absolute Gasteiger partial charge is 0.295 e. The molecule has 2 heterocycles. The van der Waals surface area contributed by atoms with E-state index in [-0.39, 0.29) is 17.4 Å². The van der Waals surface area contributed by atoms with Crippen LogP contribution in [-0.4, -0.2) is 27.6 Å². The Morgan fingerprint density at radius 2 is 1.93 bits per heavy atom. The third-order valence-corrected chi connectivity index (χ3v) is 6.92. The summed E-state index contributed by atoms with van der Waals surface area (Å²) in [6, 6.07) is 7.59. The quantitative estimate of drug-likeness (QED) is 0.143. The second-order valence-electron chi connectivity index (χ2n) is 5.68. The Morgan fingerprint density at radius 1 is 1.24 bits per heavy atom. The molecule has 0 spiro atoms. The minimum absolute atomic E-state index is 0.0361. The maximum atomic E-state index is 13.4. The van der Waals surface area contributed by atoms with Crippen LogP contribution in [-0.2, 0) is 0 Å². The number of imidazole rings is 1. The fourth-order valence-electron chi connectivity index (χ4n) is 2.61. The highest BCUT2D eigenvalue weighted by Gasteiger charge is 2.22. The van der Waals surface area contributed by atoms with Gasteiger partial charge in [-0.2, -0.15) is 0 Å². The molecule has 3 rings (SSSR count). The number of pyridine rings is 1. The number of rotatable bonds is 6. The molecular formula is C18H22ClF2IN5PS. The molecule has 1 N–H and O–H groups in total. The molecule has 0 saturated heterocycles. The number of hydrogen-bond acceptors (Lipinski definition) is 5. The Balaban J connectivity index is 0.00000145. The van der Waals surface area contributed by atoms with Gasteiger partial charge in [0.2, 0.25) is 0 Å². The second-order valence-corrected chi connectivity index (χ2v) is 9.04. The summed E-state index contributed by atoms with van der Waals surface area (Å²) in [7, 11) is 1.96. The van der Waals surface area contributed by atoms with E-state index in [9.17, 15) is 8.78 Å². The average Bonchev–Trinajstić information content (AvgIpc) is 3.09. The van der Waals surface area contributed by atoms with Crippen molar-refractivity contribution < 1.29 is 8.78 Å². The van der Waals surface area contributed by atoms with E-state index in [1.165, 1.54) is 4.34 Å². The van der Waals surface area contributed by atoms with Crippen LogP contribution in [0.4, 0.5) is 25.8 Å². The number of alkyl halides is 2. The van der Waals surface area contributed by atoms with Crippen molar-refractivity contribution in [1.29, 1.82) is 0 Å². The first-order chi connectivity index (χ1) is 13.8. The van der Waals surface area contributed by atoms with E-state index in [0.29, 0.717) is 16.9 Å². The SMILES string of the molecule is CC.CSN(C)c1cc(C)ccc1Nc1cc(Cl)nc2c1nc(C(F)F)n2PI. The van der Waals surface area contributed by atoms with Crippen LogP contribution in [0.2, 0.25) is 5.15 Å². The summed E-state index contributed by atoms with van der Waals surface area (Å²) in [5.74, 6) is -0.305. The molecule has 158 valence electrons. The highest BCUT2D eigenvalue weighted by atomic mass is 127. The van der Waals surface area contributed by atoms with Gasteiger partial charge < -0.3 is 9.62 Å². The molecule has 5 nitrogen and oxygen atoms in total. The van der Waals surface area contributed by atoms with E-state index in [2.05, 4.69) is 15.3 Å². The van der Waals surface area contributed by atoms with Gasteiger partial charge in [-0.25, -0.2) is 18.7 Å². The number of nitrogens with zero attached hydrogens (tertiary/aromatic N) is 4. The molecule has 1 aromatic carbocycles. The lowest BCUT2D eigenvalue weighted by Crippen LogP contribution is -2.08. The average molecular weight is 572 g/mol. The standard InChI is InChI=1S/C16H16ClF2IN5PS.C2H6/c1-8-4-5-9(11(6-8)24(2)27-3)21-10-7-12(17)22-15-13(10)23-16(14(18)19)25(15)26-20;1-2/h4-7,14,26H,1-3H3,(H,21,22);1-2H3. The summed E-state index contributed by atoms with van der Waals surface area (Å²) >= 11 is 9.77. The van der Waals surface area contributed by atoms with Crippen LogP contribution in [0.25, 0.3) is 11.2 Å². The van der Waals surface area contributed by atoms with Gasteiger partial charge in [0.25, 0.3) is 6.43 Å². The Labute approximate surface area is 193 Å². The van der Waals surface area contributed by atoms with Gasteiger partial charge in [-0.3, -0.25) is 4.34 Å². The van der Waals surface area contributed by atoms with Gasteiger partial charge in [-0.1, -0.05) is 43.5 Å². The van der Waals surface area contributed by atoms with Gasteiger partial charge in [0.1, 0.15) is 10.7 Å².